The topological polar surface area (TPSA) is 195 Å². The van der Waals surface area contributed by atoms with Gasteiger partial charge in [0.1, 0.15) is 18.1 Å². The normalized spacial score (nSPS) is 18.2. The lowest BCUT2D eigenvalue weighted by Crippen LogP contribution is -2.59. The molecule has 212 valence electrons. The molecule has 0 bridgehead atoms. The van der Waals surface area contributed by atoms with Crippen LogP contribution >= 0.6 is 0 Å². The number of amides is 3. The third-order valence-corrected chi connectivity index (χ3v) is 7.34. The van der Waals surface area contributed by atoms with E-state index in [-0.39, 0.29) is 31.7 Å². The summed E-state index contributed by atoms with van der Waals surface area (Å²) in [5, 5.41) is 24.8. The Labute approximate surface area is 226 Å². The first kappa shape index (κ1) is 29.6. The van der Waals surface area contributed by atoms with Crippen LogP contribution in [0.2, 0.25) is 0 Å². The van der Waals surface area contributed by atoms with Crippen molar-refractivity contribution in [2.75, 3.05) is 6.54 Å². The minimum Gasteiger partial charge on any atom is -0.481 e. The van der Waals surface area contributed by atoms with Crippen LogP contribution in [0.1, 0.15) is 51.5 Å². The Morgan fingerprint density at radius 3 is 2.51 bits per heavy atom. The summed E-state index contributed by atoms with van der Waals surface area (Å²) in [6.45, 7) is 3.94. The number of rotatable bonds is 13. The van der Waals surface area contributed by atoms with Gasteiger partial charge in [-0.25, -0.2) is 4.79 Å². The van der Waals surface area contributed by atoms with Gasteiger partial charge in [0.2, 0.25) is 17.7 Å². The molecule has 0 saturated carbocycles. The smallest absolute Gasteiger partial charge is 0.326 e. The van der Waals surface area contributed by atoms with Crippen LogP contribution in [0.4, 0.5) is 0 Å². The molecule has 1 saturated heterocycles. The van der Waals surface area contributed by atoms with Gasteiger partial charge in [0.25, 0.3) is 0 Å². The van der Waals surface area contributed by atoms with Gasteiger partial charge in [0.05, 0.1) is 6.04 Å². The molecule has 3 rings (SSSR count). The average Bonchev–Trinajstić information content (AvgIpc) is 3.57. The fourth-order valence-corrected chi connectivity index (χ4v) is 4.82. The van der Waals surface area contributed by atoms with E-state index in [2.05, 4.69) is 15.6 Å². The minimum absolute atomic E-state index is 0.0795. The van der Waals surface area contributed by atoms with Crippen LogP contribution in [0.25, 0.3) is 10.9 Å². The van der Waals surface area contributed by atoms with E-state index >= 15 is 0 Å². The number of nitrogens with one attached hydrogen (secondary N) is 3. The summed E-state index contributed by atoms with van der Waals surface area (Å²) in [4.78, 5) is 67.0. The van der Waals surface area contributed by atoms with Gasteiger partial charge in [-0.3, -0.25) is 19.2 Å². The molecule has 5 unspecified atom stereocenters. The highest BCUT2D eigenvalue weighted by Crippen LogP contribution is 2.22. The van der Waals surface area contributed by atoms with Crippen molar-refractivity contribution in [2.24, 2.45) is 11.7 Å². The van der Waals surface area contributed by atoms with E-state index in [0.717, 1.165) is 16.5 Å². The molecule has 1 aromatic heterocycles. The molecular formula is C27H37N5O7. The van der Waals surface area contributed by atoms with E-state index < -0.39 is 53.8 Å². The molecule has 0 aliphatic carbocycles. The molecule has 1 aliphatic heterocycles. The summed E-state index contributed by atoms with van der Waals surface area (Å²) >= 11 is 0. The third kappa shape index (κ3) is 7.34. The van der Waals surface area contributed by atoms with Crippen molar-refractivity contribution in [1.29, 1.82) is 0 Å². The number of carboxylic acid groups (broad SMARTS) is 2. The number of H-pyrrole nitrogens is 1. The highest BCUT2D eigenvalue weighted by atomic mass is 16.4. The molecule has 0 spiro atoms. The molecule has 5 atom stereocenters. The van der Waals surface area contributed by atoms with Crippen LogP contribution in [0.3, 0.4) is 0 Å². The van der Waals surface area contributed by atoms with Gasteiger partial charge in [-0.1, -0.05) is 38.5 Å². The molecule has 12 nitrogen and oxygen atoms in total. The van der Waals surface area contributed by atoms with E-state index in [1.165, 1.54) is 4.90 Å². The fourth-order valence-electron chi connectivity index (χ4n) is 4.82. The number of hydrogen-bond donors (Lipinski definition) is 6. The van der Waals surface area contributed by atoms with Crippen LogP contribution in [0.15, 0.2) is 30.5 Å². The Kier molecular flexibility index (Phi) is 10.0. The van der Waals surface area contributed by atoms with Crippen molar-refractivity contribution in [1.82, 2.24) is 20.5 Å². The minimum atomic E-state index is -1.15. The first-order valence-corrected chi connectivity index (χ1v) is 13.2. The summed E-state index contributed by atoms with van der Waals surface area (Å²) < 4.78 is 0. The molecule has 1 fully saturated rings. The number of aliphatic carboxylic acids is 2. The first-order chi connectivity index (χ1) is 18.5. The van der Waals surface area contributed by atoms with Gasteiger partial charge in [0, 0.05) is 36.5 Å². The number of benzene rings is 1. The number of likely N-dealkylation sites (tertiary alicyclic amines) is 1. The predicted molar refractivity (Wildman–Crippen MR) is 143 cm³/mol. The van der Waals surface area contributed by atoms with Crippen molar-refractivity contribution in [2.45, 2.75) is 76.5 Å². The number of aromatic amines is 1. The molecule has 12 heteroatoms. The molecule has 3 amide bonds. The standard InChI is InChI=1S/C27H37N5O7/c1-3-15(2)23(26(37)32-12-6-9-21(32)27(38)39)31-25(36)20(30-24(35)18(28)10-11-22(33)34)13-16-14-29-19-8-5-4-7-17(16)19/h4-5,7-8,14-15,18,20-21,23,29H,3,6,9-13,28H2,1-2H3,(H,30,35)(H,31,36)(H,33,34)(H,38,39). The van der Waals surface area contributed by atoms with Crippen molar-refractivity contribution < 1.29 is 34.2 Å². The Bertz CT molecular complexity index is 1210. The second-order valence-electron chi connectivity index (χ2n) is 10.1. The van der Waals surface area contributed by atoms with Gasteiger partial charge in [-0.15, -0.1) is 0 Å². The molecule has 1 aliphatic rings. The zero-order chi connectivity index (χ0) is 28.7. The molecule has 7 N–H and O–H groups in total. The van der Waals surface area contributed by atoms with E-state index in [1.54, 1.807) is 13.1 Å². The number of carboxylic acids is 2. The maximum Gasteiger partial charge on any atom is 0.326 e. The van der Waals surface area contributed by atoms with Gasteiger partial charge in [-0.2, -0.15) is 0 Å². The van der Waals surface area contributed by atoms with Crippen LogP contribution in [0, 0.1) is 5.92 Å². The quantitative estimate of drug-likeness (QED) is 0.215. The number of carbonyl (C=O) groups excluding carboxylic acids is 3. The Morgan fingerprint density at radius 2 is 1.85 bits per heavy atom. The lowest BCUT2D eigenvalue weighted by atomic mass is 9.96. The van der Waals surface area contributed by atoms with Crippen LogP contribution < -0.4 is 16.4 Å². The number of nitrogens with two attached hydrogens (primary N) is 1. The molecule has 39 heavy (non-hydrogen) atoms. The van der Waals surface area contributed by atoms with Gasteiger partial charge >= 0.3 is 11.9 Å². The highest BCUT2D eigenvalue weighted by Gasteiger charge is 2.40. The summed E-state index contributed by atoms with van der Waals surface area (Å²) in [6, 6.07) is 3.25. The molecule has 1 aromatic carbocycles. The summed E-state index contributed by atoms with van der Waals surface area (Å²) in [6.07, 6.45) is 2.84. The summed E-state index contributed by atoms with van der Waals surface area (Å²) in [7, 11) is 0. The highest BCUT2D eigenvalue weighted by molar-refractivity contribution is 5.95. The SMILES string of the molecule is CCC(C)C(NC(=O)C(Cc1c[nH]c2ccccc12)NC(=O)C(N)CCC(=O)O)C(=O)N1CCCC1C(=O)O. The number of fused-ring (bicyclic) bond motifs is 1. The van der Waals surface area contributed by atoms with E-state index in [9.17, 15) is 29.1 Å². The molecular weight excluding hydrogens is 506 g/mol. The monoisotopic (exact) mass is 543 g/mol. The maximum absolute atomic E-state index is 13.6. The van der Waals surface area contributed by atoms with Gasteiger partial charge < -0.3 is 36.5 Å². The lowest BCUT2D eigenvalue weighted by molar-refractivity contribution is -0.150. The van der Waals surface area contributed by atoms with Crippen LogP contribution in [-0.2, 0) is 30.4 Å². The van der Waals surface area contributed by atoms with Gasteiger partial charge in [-0.05, 0) is 36.8 Å². The third-order valence-electron chi connectivity index (χ3n) is 7.34. The molecule has 0 radical (unpaired) electrons. The second kappa shape index (κ2) is 13.2. The van der Waals surface area contributed by atoms with Crippen LogP contribution in [-0.4, -0.2) is 80.5 Å². The number of aromatic nitrogens is 1. The molecule has 2 aromatic rings. The Balaban J connectivity index is 1.85. The number of para-hydroxylation sites is 1. The fraction of sp³-hybridized carbons (Fsp3) is 0.519. The largest absolute Gasteiger partial charge is 0.481 e. The number of carbonyl (C=O) groups is 5. The van der Waals surface area contributed by atoms with Crippen molar-refractivity contribution in [3.8, 4) is 0 Å². The van der Waals surface area contributed by atoms with Gasteiger partial charge in [0.15, 0.2) is 0 Å². The van der Waals surface area contributed by atoms with Crippen molar-refractivity contribution >= 4 is 40.6 Å². The van der Waals surface area contributed by atoms with Crippen molar-refractivity contribution in [3.05, 3.63) is 36.0 Å². The van der Waals surface area contributed by atoms with E-state index in [1.807, 2.05) is 31.2 Å². The first-order valence-electron chi connectivity index (χ1n) is 13.2. The zero-order valence-corrected chi connectivity index (χ0v) is 22.2. The maximum atomic E-state index is 13.6. The summed E-state index contributed by atoms with van der Waals surface area (Å²) in [5.74, 6) is -4.27. The number of hydrogen-bond acceptors (Lipinski definition) is 6. The van der Waals surface area contributed by atoms with Crippen LogP contribution in [0.5, 0.6) is 0 Å². The second-order valence-corrected chi connectivity index (χ2v) is 10.1. The average molecular weight is 544 g/mol. The zero-order valence-electron chi connectivity index (χ0n) is 22.2. The predicted octanol–water partition coefficient (Wildman–Crippen LogP) is 0.994. The van der Waals surface area contributed by atoms with Crippen molar-refractivity contribution in [3.63, 3.8) is 0 Å². The van der Waals surface area contributed by atoms with E-state index in [0.29, 0.717) is 19.3 Å². The molecule has 2 heterocycles. The number of nitrogens with zero attached hydrogens (tertiary/aromatic N) is 1. The summed E-state index contributed by atoms with van der Waals surface area (Å²) in [5.41, 5.74) is 7.49. The lowest BCUT2D eigenvalue weighted by Gasteiger charge is -2.31. The Morgan fingerprint density at radius 1 is 1.13 bits per heavy atom. The van der Waals surface area contributed by atoms with E-state index in [4.69, 9.17) is 10.8 Å². The Hall–Kier alpha value is -3.93.